The Morgan fingerprint density at radius 2 is 1.88 bits per heavy atom. The van der Waals surface area contributed by atoms with Crippen LogP contribution in [-0.4, -0.2) is 5.33 Å². The van der Waals surface area contributed by atoms with Gasteiger partial charge in [-0.25, -0.2) is 0 Å². The fourth-order valence-corrected chi connectivity index (χ4v) is 2.38. The summed E-state index contributed by atoms with van der Waals surface area (Å²) in [6, 6.07) is 5.85. The molecule has 4 heteroatoms. The molecule has 90 valence electrons. The van der Waals surface area contributed by atoms with Crippen molar-refractivity contribution in [1.82, 2.24) is 0 Å². The minimum absolute atomic E-state index is 0.0304. The van der Waals surface area contributed by atoms with Crippen LogP contribution in [0.4, 0.5) is 13.2 Å². The molecular weight excluding hydrogens is 281 g/mol. The lowest BCUT2D eigenvalue weighted by molar-refractivity contribution is -0.138. The summed E-state index contributed by atoms with van der Waals surface area (Å²) in [6.07, 6.45) is -2.81. The van der Waals surface area contributed by atoms with Crippen molar-refractivity contribution in [1.29, 1.82) is 0 Å². The van der Waals surface area contributed by atoms with Crippen molar-refractivity contribution in [3.8, 4) is 0 Å². The lowest BCUT2D eigenvalue weighted by atomic mass is 9.90. The van der Waals surface area contributed by atoms with E-state index in [1.165, 1.54) is 6.07 Å². The number of halogens is 4. The second-order valence-electron chi connectivity index (χ2n) is 3.67. The molecule has 1 aromatic carbocycles. The van der Waals surface area contributed by atoms with Crippen LogP contribution >= 0.6 is 15.9 Å². The molecule has 0 amide bonds. The van der Waals surface area contributed by atoms with Crippen LogP contribution in [0, 0.1) is 0 Å². The van der Waals surface area contributed by atoms with Crippen LogP contribution in [0.5, 0.6) is 0 Å². The van der Waals surface area contributed by atoms with Crippen LogP contribution in [0.25, 0.3) is 0 Å². The highest BCUT2D eigenvalue weighted by molar-refractivity contribution is 9.09. The average Bonchev–Trinajstić information content (AvgIpc) is 2.25. The minimum Gasteiger partial charge on any atom is -0.166 e. The van der Waals surface area contributed by atoms with Gasteiger partial charge in [0.25, 0.3) is 0 Å². The van der Waals surface area contributed by atoms with E-state index in [2.05, 4.69) is 15.9 Å². The zero-order valence-electron chi connectivity index (χ0n) is 9.02. The van der Waals surface area contributed by atoms with Crippen molar-refractivity contribution in [3.05, 3.63) is 35.4 Å². The number of hydrogen-bond acceptors (Lipinski definition) is 0. The molecule has 0 aliphatic rings. The molecule has 0 aromatic heterocycles. The Balaban J connectivity index is 3.11. The first-order chi connectivity index (χ1) is 7.50. The molecule has 0 aliphatic carbocycles. The SMILES string of the molecule is CCC(CCBr)c1ccccc1C(F)(F)F. The molecule has 0 fully saturated rings. The van der Waals surface area contributed by atoms with Crippen molar-refractivity contribution in [2.75, 3.05) is 5.33 Å². The van der Waals surface area contributed by atoms with Crippen LogP contribution < -0.4 is 0 Å². The van der Waals surface area contributed by atoms with E-state index in [-0.39, 0.29) is 5.92 Å². The Labute approximate surface area is 102 Å². The maximum Gasteiger partial charge on any atom is 0.416 e. The molecule has 0 radical (unpaired) electrons. The van der Waals surface area contributed by atoms with Gasteiger partial charge >= 0.3 is 6.18 Å². The molecule has 1 atom stereocenters. The smallest absolute Gasteiger partial charge is 0.166 e. The lowest BCUT2D eigenvalue weighted by Gasteiger charge is -2.19. The third-order valence-corrected chi connectivity index (χ3v) is 3.11. The minimum atomic E-state index is -4.25. The first-order valence-electron chi connectivity index (χ1n) is 5.22. The van der Waals surface area contributed by atoms with Crippen molar-refractivity contribution in [3.63, 3.8) is 0 Å². The van der Waals surface area contributed by atoms with Crippen LogP contribution in [0.15, 0.2) is 24.3 Å². The van der Waals surface area contributed by atoms with E-state index in [1.807, 2.05) is 6.92 Å². The maximum absolute atomic E-state index is 12.8. The summed E-state index contributed by atoms with van der Waals surface area (Å²) in [5.41, 5.74) is -0.0836. The predicted octanol–water partition coefficient (Wildman–Crippen LogP) is 4.98. The monoisotopic (exact) mass is 294 g/mol. The Hall–Kier alpha value is -0.510. The van der Waals surface area contributed by atoms with Gasteiger partial charge in [0, 0.05) is 5.33 Å². The van der Waals surface area contributed by atoms with Gasteiger partial charge in [0.1, 0.15) is 0 Å². The van der Waals surface area contributed by atoms with E-state index in [0.29, 0.717) is 5.56 Å². The first kappa shape index (κ1) is 13.6. The van der Waals surface area contributed by atoms with Gasteiger partial charge in [-0.15, -0.1) is 0 Å². The zero-order valence-corrected chi connectivity index (χ0v) is 10.6. The highest BCUT2D eigenvalue weighted by Gasteiger charge is 2.34. The zero-order chi connectivity index (χ0) is 12.2. The fraction of sp³-hybridized carbons (Fsp3) is 0.500. The Bertz CT molecular complexity index is 333. The van der Waals surface area contributed by atoms with Gasteiger partial charge in [-0.3, -0.25) is 0 Å². The highest BCUT2D eigenvalue weighted by Crippen LogP contribution is 2.37. The topological polar surface area (TPSA) is 0 Å². The number of hydrogen-bond donors (Lipinski definition) is 0. The normalized spacial score (nSPS) is 13.8. The molecule has 1 unspecified atom stereocenters. The maximum atomic E-state index is 12.8. The molecule has 0 saturated carbocycles. The van der Waals surface area contributed by atoms with Gasteiger partial charge in [0.2, 0.25) is 0 Å². The van der Waals surface area contributed by atoms with Crippen LogP contribution in [0.2, 0.25) is 0 Å². The highest BCUT2D eigenvalue weighted by atomic mass is 79.9. The van der Waals surface area contributed by atoms with Crippen molar-refractivity contribution in [2.45, 2.75) is 31.9 Å². The van der Waals surface area contributed by atoms with E-state index in [4.69, 9.17) is 0 Å². The summed E-state index contributed by atoms with van der Waals surface area (Å²) in [6.45, 7) is 1.92. The molecule has 1 aromatic rings. The number of benzene rings is 1. The van der Waals surface area contributed by atoms with Gasteiger partial charge in [-0.1, -0.05) is 41.1 Å². The Morgan fingerprint density at radius 1 is 1.25 bits per heavy atom. The van der Waals surface area contributed by atoms with Crippen molar-refractivity contribution in [2.24, 2.45) is 0 Å². The van der Waals surface area contributed by atoms with Gasteiger partial charge in [-0.05, 0) is 30.4 Å². The molecule has 0 N–H and O–H groups in total. The van der Waals surface area contributed by atoms with Gasteiger partial charge in [0.05, 0.1) is 5.56 Å². The Morgan fingerprint density at radius 3 is 2.38 bits per heavy atom. The molecule has 0 spiro atoms. The molecule has 0 heterocycles. The third-order valence-electron chi connectivity index (χ3n) is 2.66. The van der Waals surface area contributed by atoms with Crippen molar-refractivity contribution >= 4 is 15.9 Å². The van der Waals surface area contributed by atoms with Crippen LogP contribution in [0.1, 0.15) is 36.8 Å². The first-order valence-corrected chi connectivity index (χ1v) is 6.35. The van der Waals surface area contributed by atoms with Gasteiger partial charge in [-0.2, -0.15) is 13.2 Å². The summed E-state index contributed by atoms with van der Waals surface area (Å²) in [5.74, 6) is -0.0304. The summed E-state index contributed by atoms with van der Waals surface area (Å²) in [5, 5.41) is 0.720. The van der Waals surface area contributed by atoms with Crippen LogP contribution in [0.3, 0.4) is 0 Å². The van der Waals surface area contributed by atoms with E-state index >= 15 is 0 Å². The van der Waals surface area contributed by atoms with E-state index in [1.54, 1.807) is 12.1 Å². The molecule has 0 nitrogen and oxygen atoms in total. The molecule has 0 aliphatic heterocycles. The number of alkyl halides is 4. The molecule has 0 saturated heterocycles. The van der Waals surface area contributed by atoms with E-state index in [9.17, 15) is 13.2 Å². The summed E-state index contributed by atoms with van der Waals surface area (Å²) < 4.78 is 38.3. The second kappa shape index (κ2) is 5.71. The van der Waals surface area contributed by atoms with Gasteiger partial charge < -0.3 is 0 Å². The Kier molecular flexibility index (Phi) is 4.84. The summed E-state index contributed by atoms with van der Waals surface area (Å²) in [4.78, 5) is 0. The van der Waals surface area contributed by atoms with Gasteiger partial charge in [0.15, 0.2) is 0 Å². The van der Waals surface area contributed by atoms with E-state index < -0.39 is 11.7 Å². The third kappa shape index (κ3) is 3.24. The van der Waals surface area contributed by atoms with Crippen LogP contribution in [-0.2, 0) is 6.18 Å². The average molecular weight is 295 g/mol. The van der Waals surface area contributed by atoms with Crippen molar-refractivity contribution < 1.29 is 13.2 Å². The lowest BCUT2D eigenvalue weighted by Crippen LogP contribution is -2.12. The molecule has 1 rings (SSSR count). The second-order valence-corrected chi connectivity index (χ2v) is 4.46. The largest absolute Gasteiger partial charge is 0.416 e. The standard InChI is InChI=1S/C12H14BrF3/c1-2-9(7-8-13)10-5-3-4-6-11(10)12(14,15)16/h3-6,9H,2,7-8H2,1H3. The molecular formula is C12H14BrF3. The quantitative estimate of drug-likeness (QED) is 0.687. The predicted molar refractivity (Wildman–Crippen MR) is 62.9 cm³/mol. The summed E-state index contributed by atoms with van der Waals surface area (Å²) in [7, 11) is 0. The number of rotatable bonds is 4. The fourth-order valence-electron chi connectivity index (χ4n) is 1.82. The molecule has 16 heavy (non-hydrogen) atoms. The summed E-state index contributed by atoms with van der Waals surface area (Å²) >= 11 is 3.28. The van der Waals surface area contributed by atoms with E-state index in [0.717, 1.165) is 24.2 Å². The molecule has 0 bridgehead atoms.